The fraction of sp³-hybridized carbons (Fsp3) is 0.231. The average Bonchev–Trinajstić information content (AvgIpc) is 2.76. The lowest BCUT2D eigenvalue weighted by Gasteiger charge is -2.22. The van der Waals surface area contributed by atoms with Gasteiger partial charge in [-0.15, -0.1) is 0 Å². The summed E-state index contributed by atoms with van der Waals surface area (Å²) in [6.45, 7) is 0. The van der Waals surface area contributed by atoms with Crippen LogP contribution in [0.5, 0.6) is 11.5 Å². The highest BCUT2D eigenvalue weighted by Gasteiger charge is 2.26. The van der Waals surface area contributed by atoms with Crippen molar-refractivity contribution in [2.24, 2.45) is 0 Å². The van der Waals surface area contributed by atoms with Gasteiger partial charge in [0.15, 0.2) is 11.6 Å². The molecule has 0 aromatic heterocycles. The van der Waals surface area contributed by atoms with E-state index in [1.54, 1.807) is 14.2 Å². The van der Waals surface area contributed by atoms with Crippen LogP contribution in [-0.4, -0.2) is 25.8 Å². The van der Waals surface area contributed by atoms with Gasteiger partial charge in [-0.3, -0.25) is 9.59 Å². The maximum absolute atomic E-state index is 12.7. The van der Waals surface area contributed by atoms with E-state index < -0.39 is 0 Å². The molecule has 0 amide bonds. The van der Waals surface area contributed by atoms with Crippen LogP contribution in [0.4, 0.5) is 0 Å². The molecule has 0 saturated heterocycles. The first kappa shape index (κ1) is 18.6. The number of ketones is 2. The molecule has 0 fully saturated rings. The summed E-state index contributed by atoms with van der Waals surface area (Å²) in [5, 5.41) is 2.14. The summed E-state index contributed by atoms with van der Waals surface area (Å²) in [4.78, 5) is 25.4. The summed E-state index contributed by atoms with van der Waals surface area (Å²) < 4.78 is 11.4. The molecule has 0 aliphatic heterocycles. The lowest BCUT2D eigenvalue weighted by atomic mass is 9.82. The molecule has 6 rings (SSSR count). The summed E-state index contributed by atoms with van der Waals surface area (Å²) >= 11 is 0. The second kappa shape index (κ2) is 7.13. The van der Waals surface area contributed by atoms with Crippen LogP contribution in [0.1, 0.15) is 43.0 Å². The third-order valence-corrected chi connectivity index (χ3v) is 6.28. The Balaban J connectivity index is 1.76. The normalized spacial score (nSPS) is 15.1. The second-order valence-corrected chi connectivity index (χ2v) is 7.80. The number of carbonyl (C=O) groups is 2. The van der Waals surface area contributed by atoms with E-state index in [1.165, 1.54) is 12.2 Å². The van der Waals surface area contributed by atoms with Crippen molar-refractivity contribution < 1.29 is 19.1 Å². The number of carbonyl (C=O) groups excluding carboxylic acids is 2. The SMILES string of the molecule is COc1ccc(OC)c2c3ccc(c12)CCc1ccc(c2c1C(=O)C=CC2=O)CC3. The van der Waals surface area contributed by atoms with Crippen LogP contribution < -0.4 is 9.47 Å². The number of ether oxygens (including phenoxy) is 2. The minimum absolute atomic E-state index is 0.0727. The van der Waals surface area contributed by atoms with Crippen LogP contribution in [0.15, 0.2) is 48.6 Å². The van der Waals surface area contributed by atoms with Gasteiger partial charge in [0.25, 0.3) is 0 Å². The molecule has 3 aliphatic rings. The van der Waals surface area contributed by atoms with E-state index in [4.69, 9.17) is 9.47 Å². The van der Waals surface area contributed by atoms with E-state index in [9.17, 15) is 9.59 Å². The van der Waals surface area contributed by atoms with Crippen molar-refractivity contribution in [3.63, 3.8) is 0 Å². The Hall–Kier alpha value is -3.40. The van der Waals surface area contributed by atoms with Crippen LogP contribution in [-0.2, 0) is 25.7 Å². The smallest absolute Gasteiger partial charge is 0.187 e. The van der Waals surface area contributed by atoms with Gasteiger partial charge in [-0.05, 0) is 72.2 Å². The van der Waals surface area contributed by atoms with Crippen molar-refractivity contribution in [2.75, 3.05) is 14.2 Å². The van der Waals surface area contributed by atoms with E-state index >= 15 is 0 Å². The Labute approximate surface area is 175 Å². The van der Waals surface area contributed by atoms with Crippen LogP contribution in [0.25, 0.3) is 10.8 Å². The Morgan fingerprint density at radius 1 is 0.567 bits per heavy atom. The first-order chi connectivity index (χ1) is 14.6. The lowest BCUT2D eigenvalue weighted by Crippen LogP contribution is -2.18. The first-order valence-corrected chi connectivity index (χ1v) is 10.2. The number of hydrogen-bond acceptors (Lipinski definition) is 4. The van der Waals surface area contributed by atoms with Gasteiger partial charge in [-0.1, -0.05) is 24.3 Å². The zero-order valence-electron chi connectivity index (χ0n) is 17.1. The standard InChI is InChI=1S/C26H22O4/c1-29-21-13-14-22(30-2)26-18-8-6-16-4-3-15(5-7-17(9-10-18)25(21)26)23-19(27)11-12-20(28)24(16)23/h3-4,9-14H,5-8H2,1-2H3. The van der Waals surface area contributed by atoms with Gasteiger partial charge in [-0.2, -0.15) is 0 Å². The van der Waals surface area contributed by atoms with Gasteiger partial charge in [0, 0.05) is 21.9 Å². The third kappa shape index (κ3) is 2.75. The van der Waals surface area contributed by atoms with Gasteiger partial charge >= 0.3 is 0 Å². The molecule has 3 aromatic carbocycles. The highest BCUT2D eigenvalue weighted by Crippen LogP contribution is 2.40. The van der Waals surface area contributed by atoms with E-state index in [0.29, 0.717) is 24.0 Å². The summed E-state index contributed by atoms with van der Waals surface area (Å²) in [5.74, 6) is 1.50. The summed E-state index contributed by atoms with van der Waals surface area (Å²) in [7, 11) is 3.37. The Morgan fingerprint density at radius 2 is 0.933 bits per heavy atom. The fourth-order valence-electron chi connectivity index (χ4n) is 4.85. The molecule has 3 aliphatic carbocycles. The highest BCUT2D eigenvalue weighted by molar-refractivity contribution is 6.23. The quantitative estimate of drug-likeness (QED) is 0.629. The molecule has 150 valence electrons. The van der Waals surface area contributed by atoms with E-state index in [-0.39, 0.29) is 11.6 Å². The number of methoxy groups -OCH3 is 2. The lowest BCUT2D eigenvalue weighted by molar-refractivity contribution is 0.0992. The molecule has 30 heavy (non-hydrogen) atoms. The van der Waals surface area contributed by atoms with Crippen LogP contribution in [0.2, 0.25) is 0 Å². The molecule has 0 radical (unpaired) electrons. The predicted octanol–water partition coefficient (Wildman–Crippen LogP) is 4.68. The van der Waals surface area contributed by atoms with Crippen molar-refractivity contribution in [3.8, 4) is 11.5 Å². The average molecular weight is 398 g/mol. The largest absolute Gasteiger partial charge is 0.496 e. The van der Waals surface area contributed by atoms with E-state index in [2.05, 4.69) is 12.1 Å². The number of hydrogen-bond donors (Lipinski definition) is 0. The van der Waals surface area contributed by atoms with Crippen molar-refractivity contribution in [2.45, 2.75) is 25.7 Å². The maximum atomic E-state index is 12.7. The van der Waals surface area contributed by atoms with Crippen molar-refractivity contribution >= 4 is 22.3 Å². The molecule has 4 heteroatoms. The van der Waals surface area contributed by atoms with Gasteiger partial charge in [0.05, 0.1) is 14.2 Å². The molecule has 4 bridgehead atoms. The summed E-state index contributed by atoms with van der Waals surface area (Å²) in [5.41, 5.74) is 5.32. The minimum atomic E-state index is -0.0727. The number of benzene rings is 3. The van der Waals surface area contributed by atoms with E-state index in [0.717, 1.165) is 57.4 Å². The molecule has 4 nitrogen and oxygen atoms in total. The summed E-state index contributed by atoms with van der Waals surface area (Å²) in [6, 6.07) is 12.3. The molecule has 3 aromatic rings. The molecule has 0 heterocycles. The van der Waals surface area contributed by atoms with Crippen molar-refractivity contribution in [1.29, 1.82) is 0 Å². The molecule has 0 spiro atoms. The molecular formula is C26H22O4. The van der Waals surface area contributed by atoms with Crippen molar-refractivity contribution in [1.82, 2.24) is 0 Å². The van der Waals surface area contributed by atoms with Crippen molar-refractivity contribution in [3.05, 3.63) is 81.9 Å². The molecular weight excluding hydrogens is 376 g/mol. The zero-order valence-corrected chi connectivity index (χ0v) is 17.1. The number of rotatable bonds is 2. The Kier molecular flexibility index (Phi) is 4.43. The molecule has 0 atom stereocenters. The molecule has 0 saturated carbocycles. The number of allylic oxidation sites excluding steroid dienone is 2. The van der Waals surface area contributed by atoms with Crippen LogP contribution in [0.3, 0.4) is 0 Å². The summed E-state index contributed by atoms with van der Waals surface area (Å²) in [6.07, 6.45) is 5.62. The fourth-order valence-corrected chi connectivity index (χ4v) is 4.85. The predicted molar refractivity (Wildman–Crippen MR) is 116 cm³/mol. The molecule has 0 N–H and O–H groups in total. The van der Waals surface area contributed by atoms with Crippen LogP contribution in [0, 0.1) is 0 Å². The minimum Gasteiger partial charge on any atom is -0.496 e. The highest BCUT2D eigenvalue weighted by atomic mass is 16.5. The topological polar surface area (TPSA) is 52.6 Å². The second-order valence-electron chi connectivity index (χ2n) is 7.80. The van der Waals surface area contributed by atoms with E-state index in [1.807, 2.05) is 24.3 Å². The monoisotopic (exact) mass is 398 g/mol. The number of aryl methyl sites for hydroxylation is 4. The van der Waals surface area contributed by atoms with Crippen LogP contribution >= 0.6 is 0 Å². The maximum Gasteiger partial charge on any atom is 0.187 e. The third-order valence-electron chi connectivity index (χ3n) is 6.28. The number of fused-ring (bicyclic) bond motifs is 4. The first-order valence-electron chi connectivity index (χ1n) is 10.2. The zero-order chi connectivity index (χ0) is 20.8. The van der Waals surface area contributed by atoms with Gasteiger partial charge in [0.2, 0.25) is 0 Å². The molecule has 0 unspecified atom stereocenters. The Morgan fingerprint density at radius 3 is 1.33 bits per heavy atom. The van der Waals surface area contributed by atoms with Gasteiger partial charge in [0.1, 0.15) is 11.5 Å². The Bertz CT molecular complexity index is 1150. The van der Waals surface area contributed by atoms with Gasteiger partial charge in [-0.25, -0.2) is 0 Å². The van der Waals surface area contributed by atoms with Gasteiger partial charge < -0.3 is 9.47 Å².